The maximum atomic E-state index is 12.5. The van der Waals surface area contributed by atoms with Gasteiger partial charge in [-0.05, 0) is 76.5 Å². The van der Waals surface area contributed by atoms with E-state index in [1.54, 1.807) is 17.3 Å². The van der Waals surface area contributed by atoms with E-state index in [2.05, 4.69) is 10.3 Å². The van der Waals surface area contributed by atoms with Gasteiger partial charge in [-0.15, -0.1) is 0 Å². The van der Waals surface area contributed by atoms with Crippen molar-refractivity contribution in [2.75, 3.05) is 13.1 Å². The molecule has 2 fully saturated rings. The Morgan fingerprint density at radius 2 is 2.24 bits per heavy atom. The minimum atomic E-state index is -0.479. The van der Waals surface area contributed by atoms with Crippen molar-refractivity contribution >= 4 is 6.09 Å². The standard InChI is InChI=1S/C20H31N3O2/c1-20(2,3)25-19(24)23(14-15-6-4-9-21-13-15)11-5-10-22-18-8-7-16-12-17(16)18/h4,6,9,13,16-18,22H,5,7-8,10-12,14H2,1-3H3. The van der Waals surface area contributed by atoms with Gasteiger partial charge < -0.3 is 15.0 Å². The largest absolute Gasteiger partial charge is 0.444 e. The third kappa shape index (κ3) is 5.43. The summed E-state index contributed by atoms with van der Waals surface area (Å²) in [6.45, 7) is 7.90. The van der Waals surface area contributed by atoms with E-state index in [0.717, 1.165) is 30.4 Å². The molecule has 3 atom stereocenters. The Balaban J connectivity index is 1.49. The molecule has 2 aliphatic rings. The summed E-state index contributed by atoms with van der Waals surface area (Å²) in [5.41, 5.74) is 0.547. The molecule has 1 aromatic rings. The van der Waals surface area contributed by atoms with Crippen molar-refractivity contribution in [1.82, 2.24) is 15.2 Å². The number of fused-ring (bicyclic) bond motifs is 1. The topological polar surface area (TPSA) is 54.5 Å². The highest BCUT2D eigenvalue weighted by atomic mass is 16.6. The highest BCUT2D eigenvalue weighted by Crippen LogP contribution is 2.51. The van der Waals surface area contributed by atoms with Gasteiger partial charge in [0.15, 0.2) is 0 Å². The van der Waals surface area contributed by atoms with Crippen molar-refractivity contribution in [2.24, 2.45) is 11.8 Å². The predicted octanol–water partition coefficient (Wildman–Crippen LogP) is 3.60. The molecule has 5 heteroatoms. The highest BCUT2D eigenvalue weighted by Gasteiger charge is 2.47. The van der Waals surface area contributed by atoms with Crippen molar-refractivity contribution in [3.05, 3.63) is 30.1 Å². The van der Waals surface area contributed by atoms with Crippen LogP contribution in [0.3, 0.4) is 0 Å². The van der Waals surface area contributed by atoms with E-state index in [1.165, 1.54) is 19.3 Å². The van der Waals surface area contributed by atoms with Crippen molar-refractivity contribution in [3.8, 4) is 0 Å². The Morgan fingerprint density at radius 3 is 2.84 bits per heavy atom. The predicted molar refractivity (Wildman–Crippen MR) is 98.1 cm³/mol. The van der Waals surface area contributed by atoms with Crippen LogP contribution in [0.25, 0.3) is 0 Å². The third-order valence-corrected chi connectivity index (χ3v) is 5.10. The summed E-state index contributed by atoms with van der Waals surface area (Å²) in [5.74, 6) is 1.93. The Bertz CT molecular complexity index is 570. The van der Waals surface area contributed by atoms with Gasteiger partial charge in [0, 0.05) is 25.0 Å². The zero-order valence-electron chi connectivity index (χ0n) is 15.7. The average Bonchev–Trinajstić information content (AvgIpc) is 3.23. The van der Waals surface area contributed by atoms with Crippen molar-refractivity contribution in [1.29, 1.82) is 0 Å². The minimum Gasteiger partial charge on any atom is -0.444 e. The van der Waals surface area contributed by atoms with Gasteiger partial charge >= 0.3 is 6.09 Å². The lowest BCUT2D eigenvalue weighted by atomic mass is 10.1. The van der Waals surface area contributed by atoms with Gasteiger partial charge in [-0.3, -0.25) is 4.98 Å². The van der Waals surface area contributed by atoms with E-state index in [9.17, 15) is 4.79 Å². The number of carbonyl (C=O) groups excluding carboxylic acids is 1. The van der Waals surface area contributed by atoms with Crippen LogP contribution < -0.4 is 5.32 Å². The number of rotatable bonds is 7. The molecular weight excluding hydrogens is 314 g/mol. The lowest BCUT2D eigenvalue weighted by Crippen LogP contribution is -2.38. The molecule has 138 valence electrons. The molecule has 25 heavy (non-hydrogen) atoms. The smallest absolute Gasteiger partial charge is 0.410 e. The normalized spacial score (nSPS) is 24.7. The number of aromatic nitrogens is 1. The maximum Gasteiger partial charge on any atom is 0.410 e. The fourth-order valence-corrected chi connectivity index (χ4v) is 3.79. The molecule has 2 saturated carbocycles. The fourth-order valence-electron chi connectivity index (χ4n) is 3.79. The molecule has 1 heterocycles. The molecule has 0 bridgehead atoms. The monoisotopic (exact) mass is 345 g/mol. The Labute approximate surface area is 151 Å². The summed E-state index contributed by atoms with van der Waals surface area (Å²) in [5, 5.41) is 3.69. The van der Waals surface area contributed by atoms with Crippen LogP contribution in [-0.2, 0) is 11.3 Å². The number of carbonyl (C=O) groups is 1. The molecular formula is C20H31N3O2. The quantitative estimate of drug-likeness (QED) is 0.767. The Hall–Kier alpha value is -1.62. The van der Waals surface area contributed by atoms with Crippen molar-refractivity contribution in [3.63, 3.8) is 0 Å². The van der Waals surface area contributed by atoms with Crippen LogP contribution in [0.2, 0.25) is 0 Å². The second kappa shape index (κ2) is 7.73. The fraction of sp³-hybridized carbons (Fsp3) is 0.700. The van der Waals surface area contributed by atoms with Gasteiger partial charge in [0.2, 0.25) is 0 Å². The summed E-state index contributed by atoms with van der Waals surface area (Å²) < 4.78 is 5.57. The van der Waals surface area contributed by atoms with Crippen LogP contribution in [0, 0.1) is 11.8 Å². The van der Waals surface area contributed by atoms with Crippen molar-refractivity contribution < 1.29 is 9.53 Å². The molecule has 1 aromatic heterocycles. The Kier molecular flexibility index (Phi) is 5.62. The van der Waals surface area contributed by atoms with E-state index >= 15 is 0 Å². The van der Waals surface area contributed by atoms with Crippen LogP contribution in [0.1, 0.15) is 52.0 Å². The lowest BCUT2D eigenvalue weighted by Gasteiger charge is -2.27. The number of hydrogen-bond acceptors (Lipinski definition) is 4. The molecule has 0 spiro atoms. The van der Waals surface area contributed by atoms with Crippen LogP contribution in [0.4, 0.5) is 4.79 Å². The summed E-state index contributed by atoms with van der Waals surface area (Å²) >= 11 is 0. The van der Waals surface area contributed by atoms with E-state index in [0.29, 0.717) is 19.1 Å². The van der Waals surface area contributed by atoms with Gasteiger partial charge in [-0.25, -0.2) is 4.79 Å². The molecule has 0 aromatic carbocycles. The summed E-state index contributed by atoms with van der Waals surface area (Å²) in [7, 11) is 0. The molecule has 1 amide bonds. The summed E-state index contributed by atoms with van der Waals surface area (Å²) in [4.78, 5) is 18.5. The zero-order chi connectivity index (χ0) is 17.9. The molecule has 0 radical (unpaired) electrons. The number of nitrogens with zero attached hydrogens (tertiary/aromatic N) is 2. The highest BCUT2D eigenvalue weighted by molar-refractivity contribution is 5.68. The average molecular weight is 345 g/mol. The first kappa shape index (κ1) is 18.2. The van der Waals surface area contributed by atoms with Crippen molar-refractivity contribution in [2.45, 2.75) is 64.6 Å². The maximum absolute atomic E-state index is 12.5. The second-order valence-corrected chi connectivity index (χ2v) is 8.41. The number of nitrogens with one attached hydrogen (secondary N) is 1. The van der Waals surface area contributed by atoms with E-state index in [-0.39, 0.29) is 6.09 Å². The first-order chi connectivity index (χ1) is 11.9. The number of hydrogen-bond donors (Lipinski definition) is 1. The van der Waals surface area contributed by atoms with Gasteiger partial charge in [0.1, 0.15) is 5.60 Å². The van der Waals surface area contributed by atoms with Gasteiger partial charge in [0.05, 0.1) is 6.54 Å². The van der Waals surface area contributed by atoms with Gasteiger partial charge in [0.25, 0.3) is 0 Å². The third-order valence-electron chi connectivity index (χ3n) is 5.10. The number of pyridine rings is 1. The summed E-state index contributed by atoms with van der Waals surface area (Å²) in [6, 6.07) is 4.60. The molecule has 2 aliphatic carbocycles. The molecule has 3 unspecified atom stereocenters. The van der Waals surface area contributed by atoms with Gasteiger partial charge in [-0.2, -0.15) is 0 Å². The SMILES string of the molecule is CC(C)(C)OC(=O)N(CCCNC1CCC2CC21)Cc1cccnc1. The Morgan fingerprint density at radius 1 is 1.40 bits per heavy atom. The molecule has 5 nitrogen and oxygen atoms in total. The van der Waals surface area contributed by atoms with E-state index in [4.69, 9.17) is 4.74 Å². The zero-order valence-corrected chi connectivity index (χ0v) is 15.7. The first-order valence-electron chi connectivity index (χ1n) is 9.52. The first-order valence-corrected chi connectivity index (χ1v) is 9.52. The van der Waals surface area contributed by atoms with E-state index < -0.39 is 5.60 Å². The molecule has 1 N–H and O–H groups in total. The molecule has 3 rings (SSSR count). The van der Waals surface area contributed by atoms with Gasteiger partial charge in [-0.1, -0.05) is 6.07 Å². The minimum absolute atomic E-state index is 0.250. The van der Waals surface area contributed by atoms with Crippen LogP contribution in [-0.4, -0.2) is 40.7 Å². The van der Waals surface area contributed by atoms with Crippen LogP contribution >= 0.6 is 0 Å². The molecule has 0 aliphatic heterocycles. The lowest BCUT2D eigenvalue weighted by molar-refractivity contribution is 0.0231. The number of ether oxygens (including phenoxy) is 1. The van der Waals surface area contributed by atoms with Crippen LogP contribution in [0.5, 0.6) is 0 Å². The van der Waals surface area contributed by atoms with E-state index in [1.807, 2.05) is 32.9 Å². The van der Waals surface area contributed by atoms with Crippen LogP contribution in [0.15, 0.2) is 24.5 Å². The number of amides is 1. The second-order valence-electron chi connectivity index (χ2n) is 8.41. The molecule has 0 saturated heterocycles. The summed E-state index contributed by atoms with van der Waals surface area (Å²) in [6.07, 6.45) is 8.38.